The first-order valence-corrected chi connectivity index (χ1v) is 6.52. The van der Waals surface area contributed by atoms with E-state index in [0.717, 1.165) is 0 Å². The van der Waals surface area contributed by atoms with Gasteiger partial charge in [-0.05, 0) is 25.8 Å². The topological polar surface area (TPSA) is 135 Å². The number of aromatic carboxylic acids is 1. The van der Waals surface area contributed by atoms with Crippen molar-refractivity contribution < 1.29 is 23.9 Å². The van der Waals surface area contributed by atoms with E-state index in [1.165, 1.54) is 6.07 Å². The van der Waals surface area contributed by atoms with E-state index in [-0.39, 0.29) is 24.0 Å². The summed E-state index contributed by atoms with van der Waals surface area (Å²) in [5, 5.41) is 14.0. The molecule has 0 spiro atoms. The van der Waals surface area contributed by atoms with Crippen LogP contribution in [0.5, 0.6) is 0 Å². The number of carboxylic acid groups (broad SMARTS) is 1. The Kier molecular flexibility index (Phi) is 6.25. The molecule has 21 heavy (non-hydrogen) atoms. The van der Waals surface area contributed by atoms with E-state index in [2.05, 4.69) is 10.6 Å². The Hall–Kier alpha value is -2.51. The second-order valence-corrected chi connectivity index (χ2v) is 4.52. The maximum atomic E-state index is 11.5. The molecular formula is C13H19N3O5. The van der Waals surface area contributed by atoms with Gasteiger partial charge in [-0.25, -0.2) is 9.59 Å². The van der Waals surface area contributed by atoms with Gasteiger partial charge in [0.25, 0.3) is 0 Å². The van der Waals surface area contributed by atoms with Gasteiger partial charge in [-0.3, -0.25) is 4.79 Å². The molecule has 8 nitrogen and oxygen atoms in total. The number of aryl methyl sites for hydroxylation is 1. The zero-order valence-corrected chi connectivity index (χ0v) is 11.8. The van der Waals surface area contributed by atoms with Crippen molar-refractivity contribution in [2.75, 3.05) is 6.54 Å². The van der Waals surface area contributed by atoms with Gasteiger partial charge < -0.3 is 25.9 Å². The normalized spacial score (nSPS) is 10.1. The third kappa shape index (κ3) is 5.98. The standard InChI is InChI=1S/C13H19N3O5/c1-8-10(12(18)19)6-9(21-8)7-16-13(20)15-5-3-2-4-11(14)17/h6H,2-5,7H2,1H3,(H2,14,17)(H,18,19)(H2,15,16,20). The Morgan fingerprint density at radius 1 is 1.29 bits per heavy atom. The lowest BCUT2D eigenvalue weighted by atomic mass is 10.2. The predicted octanol–water partition coefficient (Wildman–Crippen LogP) is 0.741. The van der Waals surface area contributed by atoms with E-state index in [1.807, 2.05) is 0 Å². The second kappa shape index (κ2) is 7.93. The number of unbranched alkanes of at least 4 members (excludes halogenated alkanes) is 1. The van der Waals surface area contributed by atoms with Crippen LogP contribution in [0.2, 0.25) is 0 Å². The molecule has 0 bridgehead atoms. The van der Waals surface area contributed by atoms with Gasteiger partial charge in [-0.2, -0.15) is 0 Å². The van der Waals surface area contributed by atoms with E-state index in [0.29, 0.717) is 37.3 Å². The summed E-state index contributed by atoms with van der Waals surface area (Å²) in [6.45, 7) is 2.07. The molecule has 0 unspecified atom stereocenters. The summed E-state index contributed by atoms with van der Waals surface area (Å²) in [5.41, 5.74) is 5.07. The highest BCUT2D eigenvalue weighted by Crippen LogP contribution is 2.14. The average Bonchev–Trinajstić information content (AvgIpc) is 2.77. The zero-order valence-electron chi connectivity index (χ0n) is 11.8. The number of amides is 3. The highest BCUT2D eigenvalue weighted by atomic mass is 16.4. The molecule has 8 heteroatoms. The van der Waals surface area contributed by atoms with Crippen molar-refractivity contribution in [2.24, 2.45) is 5.73 Å². The summed E-state index contributed by atoms with van der Waals surface area (Å²) in [7, 11) is 0. The van der Waals surface area contributed by atoms with Gasteiger partial charge in [0.1, 0.15) is 17.1 Å². The smallest absolute Gasteiger partial charge is 0.339 e. The molecule has 5 N–H and O–H groups in total. The molecule has 1 rings (SSSR count). The summed E-state index contributed by atoms with van der Waals surface area (Å²) < 4.78 is 5.22. The molecule has 0 fully saturated rings. The molecule has 0 saturated heterocycles. The van der Waals surface area contributed by atoms with Crippen molar-refractivity contribution in [1.82, 2.24) is 10.6 Å². The maximum absolute atomic E-state index is 11.5. The van der Waals surface area contributed by atoms with Crippen LogP contribution in [0.1, 0.15) is 41.1 Å². The number of rotatable bonds is 8. The van der Waals surface area contributed by atoms with Crippen LogP contribution in [0, 0.1) is 6.92 Å². The lowest BCUT2D eigenvalue weighted by molar-refractivity contribution is -0.118. The van der Waals surface area contributed by atoms with Crippen molar-refractivity contribution in [3.63, 3.8) is 0 Å². The number of furan rings is 1. The molecule has 1 heterocycles. The predicted molar refractivity (Wildman–Crippen MR) is 73.7 cm³/mol. The van der Waals surface area contributed by atoms with Crippen LogP contribution in [-0.4, -0.2) is 29.6 Å². The van der Waals surface area contributed by atoms with Crippen LogP contribution in [0.4, 0.5) is 4.79 Å². The first-order chi connectivity index (χ1) is 9.90. The highest BCUT2D eigenvalue weighted by molar-refractivity contribution is 5.88. The van der Waals surface area contributed by atoms with Crippen LogP contribution >= 0.6 is 0 Å². The van der Waals surface area contributed by atoms with Crippen LogP contribution in [0.15, 0.2) is 10.5 Å². The minimum absolute atomic E-state index is 0.0821. The Morgan fingerprint density at radius 2 is 2.00 bits per heavy atom. The average molecular weight is 297 g/mol. The monoisotopic (exact) mass is 297 g/mol. The van der Waals surface area contributed by atoms with Crippen molar-refractivity contribution in [1.29, 1.82) is 0 Å². The molecule has 0 aliphatic carbocycles. The van der Waals surface area contributed by atoms with E-state index in [9.17, 15) is 14.4 Å². The second-order valence-electron chi connectivity index (χ2n) is 4.52. The number of nitrogens with one attached hydrogen (secondary N) is 2. The fourth-order valence-corrected chi connectivity index (χ4v) is 1.70. The Bertz CT molecular complexity index is 524. The number of hydrogen-bond donors (Lipinski definition) is 4. The summed E-state index contributed by atoms with van der Waals surface area (Å²) in [6.07, 6.45) is 1.57. The van der Waals surface area contributed by atoms with Gasteiger partial charge in [0.05, 0.1) is 6.54 Å². The number of urea groups is 1. The molecular weight excluding hydrogens is 278 g/mol. The van der Waals surface area contributed by atoms with E-state index in [1.54, 1.807) is 6.92 Å². The largest absolute Gasteiger partial charge is 0.478 e. The molecule has 0 saturated carbocycles. The fraction of sp³-hybridized carbons (Fsp3) is 0.462. The van der Waals surface area contributed by atoms with Gasteiger partial charge in [-0.1, -0.05) is 0 Å². The first kappa shape index (κ1) is 16.5. The molecule has 0 aliphatic rings. The van der Waals surface area contributed by atoms with Crippen molar-refractivity contribution in [2.45, 2.75) is 32.7 Å². The summed E-state index contributed by atoms with van der Waals surface area (Å²) >= 11 is 0. The van der Waals surface area contributed by atoms with Crippen molar-refractivity contribution >= 4 is 17.9 Å². The summed E-state index contributed by atoms with van der Waals surface area (Å²) in [6, 6.07) is 0.991. The summed E-state index contributed by atoms with van der Waals surface area (Å²) in [5.74, 6) is -0.761. The van der Waals surface area contributed by atoms with Gasteiger partial charge in [0, 0.05) is 13.0 Å². The lowest BCUT2D eigenvalue weighted by Crippen LogP contribution is -2.35. The number of nitrogens with two attached hydrogens (primary N) is 1. The van der Waals surface area contributed by atoms with Crippen molar-refractivity contribution in [3.05, 3.63) is 23.2 Å². The van der Waals surface area contributed by atoms with Gasteiger partial charge in [0.2, 0.25) is 5.91 Å². The molecule has 1 aromatic rings. The Morgan fingerprint density at radius 3 is 2.57 bits per heavy atom. The molecule has 0 atom stereocenters. The van der Waals surface area contributed by atoms with Crippen LogP contribution < -0.4 is 16.4 Å². The fourth-order valence-electron chi connectivity index (χ4n) is 1.70. The van der Waals surface area contributed by atoms with Gasteiger partial charge in [0.15, 0.2) is 0 Å². The highest BCUT2D eigenvalue weighted by Gasteiger charge is 2.13. The van der Waals surface area contributed by atoms with Crippen LogP contribution in [-0.2, 0) is 11.3 Å². The molecule has 0 radical (unpaired) electrons. The first-order valence-electron chi connectivity index (χ1n) is 6.52. The molecule has 116 valence electrons. The Balaban J connectivity index is 2.25. The quantitative estimate of drug-likeness (QED) is 0.525. The lowest BCUT2D eigenvalue weighted by Gasteiger charge is -2.05. The summed E-state index contributed by atoms with van der Waals surface area (Å²) in [4.78, 5) is 32.8. The van der Waals surface area contributed by atoms with E-state index in [4.69, 9.17) is 15.3 Å². The van der Waals surface area contributed by atoms with E-state index < -0.39 is 5.97 Å². The Labute approximate surface area is 121 Å². The number of primary amides is 1. The number of carboxylic acids is 1. The number of hydrogen-bond acceptors (Lipinski definition) is 4. The molecule has 0 aliphatic heterocycles. The zero-order chi connectivity index (χ0) is 15.8. The molecule has 1 aromatic heterocycles. The van der Waals surface area contributed by atoms with Crippen molar-refractivity contribution in [3.8, 4) is 0 Å². The molecule has 3 amide bonds. The third-order valence-electron chi connectivity index (χ3n) is 2.76. The molecule has 0 aromatic carbocycles. The van der Waals surface area contributed by atoms with Gasteiger partial charge in [-0.15, -0.1) is 0 Å². The van der Waals surface area contributed by atoms with Gasteiger partial charge >= 0.3 is 12.0 Å². The SMILES string of the molecule is Cc1oc(CNC(=O)NCCCCC(N)=O)cc1C(=O)O. The minimum Gasteiger partial charge on any atom is -0.478 e. The van der Waals surface area contributed by atoms with E-state index >= 15 is 0 Å². The third-order valence-corrected chi connectivity index (χ3v) is 2.76. The van der Waals surface area contributed by atoms with Crippen LogP contribution in [0.3, 0.4) is 0 Å². The number of carbonyl (C=O) groups excluding carboxylic acids is 2. The minimum atomic E-state index is -1.07. The van der Waals surface area contributed by atoms with Crippen LogP contribution in [0.25, 0.3) is 0 Å². The number of carbonyl (C=O) groups is 3. The maximum Gasteiger partial charge on any atom is 0.339 e.